The second-order valence-electron chi connectivity index (χ2n) is 6.07. The van der Waals surface area contributed by atoms with E-state index in [0.29, 0.717) is 33.4 Å². The minimum atomic E-state index is -3.35. The molecule has 3 rings (SSSR count). The lowest BCUT2D eigenvalue weighted by atomic mass is 10.1. The zero-order valence-corrected chi connectivity index (χ0v) is 15.9. The van der Waals surface area contributed by atoms with Gasteiger partial charge in [-0.15, -0.1) is 0 Å². The fraction of sp³-hybridized carbons (Fsp3) is 0.235. The molecule has 2 aromatic carbocycles. The Morgan fingerprint density at radius 1 is 1.16 bits per heavy atom. The van der Waals surface area contributed by atoms with Crippen molar-refractivity contribution in [3.8, 4) is 0 Å². The van der Waals surface area contributed by atoms with Gasteiger partial charge in [0, 0.05) is 27.3 Å². The number of carbonyl (C=O) groups is 1. The highest BCUT2D eigenvalue weighted by Crippen LogP contribution is 2.35. The topological polar surface area (TPSA) is 66.5 Å². The molecule has 8 heteroatoms. The number of halogens is 2. The summed E-state index contributed by atoms with van der Waals surface area (Å²) in [5, 5.41) is 3.59. The Balaban J connectivity index is 1.88. The third-order valence-electron chi connectivity index (χ3n) is 3.97. The number of fused-ring (bicyclic) bond motifs is 1. The second kappa shape index (κ2) is 6.52. The van der Waals surface area contributed by atoms with E-state index in [1.165, 1.54) is 10.6 Å². The first kappa shape index (κ1) is 18.0. The number of carbonyl (C=O) groups excluding carboxylic acids is 1. The number of nitrogens with zero attached hydrogens (tertiary/aromatic N) is 1. The molecule has 132 valence electrons. The van der Waals surface area contributed by atoms with Crippen molar-refractivity contribution >= 4 is 50.5 Å². The van der Waals surface area contributed by atoms with Crippen LogP contribution >= 0.6 is 23.2 Å². The van der Waals surface area contributed by atoms with Crippen molar-refractivity contribution in [3.05, 3.63) is 57.6 Å². The van der Waals surface area contributed by atoms with Crippen LogP contribution in [0.2, 0.25) is 10.0 Å². The normalized spacial score (nSPS) is 16.6. The van der Waals surface area contributed by atoms with Gasteiger partial charge in [-0.3, -0.25) is 9.10 Å². The molecule has 0 saturated carbocycles. The van der Waals surface area contributed by atoms with Gasteiger partial charge in [0.25, 0.3) is 5.91 Å². The van der Waals surface area contributed by atoms with Crippen molar-refractivity contribution in [1.82, 2.24) is 0 Å². The van der Waals surface area contributed by atoms with Crippen molar-refractivity contribution in [2.45, 2.75) is 19.4 Å². The predicted octanol–water partition coefficient (Wildman–Crippen LogP) is 3.96. The van der Waals surface area contributed by atoms with Gasteiger partial charge in [0.2, 0.25) is 10.0 Å². The van der Waals surface area contributed by atoms with Crippen LogP contribution in [0.25, 0.3) is 0 Å². The molecule has 0 spiro atoms. The summed E-state index contributed by atoms with van der Waals surface area (Å²) in [5.41, 5.74) is 2.39. The molecular weight excluding hydrogens is 383 g/mol. The van der Waals surface area contributed by atoms with E-state index in [1.807, 2.05) is 6.92 Å². The Kier molecular flexibility index (Phi) is 4.70. The van der Waals surface area contributed by atoms with E-state index in [-0.39, 0.29) is 11.9 Å². The molecule has 0 radical (unpaired) electrons. The Morgan fingerprint density at radius 2 is 1.80 bits per heavy atom. The van der Waals surface area contributed by atoms with Crippen molar-refractivity contribution in [1.29, 1.82) is 0 Å². The minimum Gasteiger partial charge on any atom is -0.322 e. The van der Waals surface area contributed by atoms with Crippen LogP contribution in [0, 0.1) is 0 Å². The molecule has 5 nitrogen and oxygen atoms in total. The molecule has 0 unspecified atom stereocenters. The van der Waals surface area contributed by atoms with Crippen LogP contribution in [0.1, 0.15) is 22.8 Å². The van der Waals surface area contributed by atoms with Gasteiger partial charge in [-0.25, -0.2) is 8.42 Å². The average Bonchev–Trinajstić information content (AvgIpc) is 2.80. The number of rotatable bonds is 3. The highest BCUT2D eigenvalue weighted by molar-refractivity contribution is 7.92. The van der Waals surface area contributed by atoms with Gasteiger partial charge in [0.15, 0.2) is 0 Å². The highest BCUT2D eigenvalue weighted by Gasteiger charge is 2.32. The van der Waals surface area contributed by atoms with E-state index in [4.69, 9.17) is 23.2 Å². The van der Waals surface area contributed by atoms with Gasteiger partial charge in [0.05, 0.1) is 11.9 Å². The summed E-state index contributed by atoms with van der Waals surface area (Å²) in [5.74, 6) is -0.313. The molecule has 0 saturated heterocycles. The molecule has 1 amide bonds. The Bertz CT molecular complexity index is 940. The van der Waals surface area contributed by atoms with E-state index in [9.17, 15) is 13.2 Å². The Morgan fingerprint density at radius 3 is 2.40 bits per heavy atom. The van der Waals surface area contributed by atoms with Crippen LogP contribution in [0.5, 0.6) is 0 Å². The number of nitrogens with one attached hydrogen (secondary N) is 1. The quantitative estimate of drug-likeness (QED) is 0.850. The number of hydrogen-bond acceptors (Lipinski definition) is 3. The van der Waals surface area contributed by atoms with E-state index in [1.54, 1.807) is 36.4 Å². The van der Waals surface area contributed by atoms with Crippen LogP contribution in [0.15, 0.2) is 36.4 Å². The molecule has 0 bridgehead atoms. The third kappa shape index (κ3) is 3.76. The fourth-order valence-corrected chi connectivity index (χ4v) is 4.87. The molecule has 1 aliphatic rings. The minimum absolute atomic E-state index is 0.171. The number of sulfonamides is 1. The number of anilines is 2. The summed E-state index contributed by atoms with van der Waals surface area (Å²) in [7, 11) is -3.35. The summed E-state index contributed by atoms with van der Waals surface area (Å²) in [6, 6.07) is 9.61. The van der Waals surface area contributed by atoms with Crippen LogP contribution in [-0.4, -0.2) is 26.6 Å². The first-order valence-corrected chi connectivity index (χ1v) is 10.2. The van der Waals surface area contributed by atoms with Gasteiger partial charge < -0.3 is 5.32 Å². The molecule has 1 atom stereocenters. The maximum Gasteiger partial charge on any atom is 0.255 e. The highest BCUT2D eigenvalue weighted by atomic mass is 35.5. The molecule has 1 N–H and O–H groups in total. The maximum atomic E-state index is 12.5. The van der Waals surface area contributed by atoms with Gasteiger partial charge in [-0.05, 0) is 55.3 Å². The number of amides is 1. The molecule has 1 aliphatic heterocycles. The molecule has 0 fully saturated rings. The summed E-state index contributed by atoms with van der Waals surface area (Å²) in [6.45, 7) is 1.84. The second-order valence-corrected chi connectivity index (χ2v) is 8.80. The molecule has 0 aliphatic carbocycles. The molecule has 1 heterocycles. The van der Waals surface area contributed by atoms with Crippen molar-refractivity contribution in [2.24, 2.45) is 0 Å². The molecule has 0 aromatic heterocycles. The Hall–Kier alpha value is -1.76. The van der Waals surface area contributed by atoms with Crippen LogP contribution in [0.3, 0.4) is 0 Å². The van der Waals surface area contributed by atoms with Gasteiger partial charge in [-0.1, -0.05) is 23.2 Å². The smallest absolute Gasteiger partial charge is 0.255 e. The lowest BCUT2D eigenvalue weighted by Crippen LogP contribution is -2.34. The molecule has 25 heavy (non-hydrogen) atoms. The fourth-order valence-electron chi connectivity index (χ4n) is 3.08. The van der Waals surface area contributed by atoms with E-state index in [2.05, 4.69) is 5.32 Å². The third-order valence-corrected chi connectivity index (χ3v) is 5.68. The summed E-state index contributed by atoms with van der Waals surface area (Å²) in [6.07, 6.45) is 1.74. The maximum absolute atomic E-state index is 12.5. The van der Waals surface area contributed by atoms with E-state index < -0.39 is 10.0 Å². The van der Waals surface area contributed by atoms with Crippen LogP contribution in [0.4, 0.5) is 11.4 Å². The first-order chi connectivity index (χ1) is 11.6. The number of benzene rings is 2. The first-order valence-electron chi connectivity index (χ1n) is 7.55. The zero-order valence-electron chi connectivity index (χ0n) is 13.6. The standard InChI is InChI=1S/C17H16Cl2N2O3S/c1-10-5-12-6-11(3-4-16(12)21(10)25(2,23)24)17(22)20-15-8-13(18)7-14(19)9-15/h3-4,6-10H,5H2,1-2H3,(H,20,22)/t10-/m0/s1. The number of hydrogen-bond donors (Lipinski definition) is 1. The van der Waals surface area contributed by atoms with Crippen LogP contribution < -0.4 is 9.62 Å². The molecular formula is C17H16Cl2N2O3S. The Labute approximate surface area is 156 Å². The summed E-state index contributed by atoms with van der Waals surface area (Å²) in [4.78, 5) is 12.5. The van der Waals surface area contributed by atoms with Gasteiger partial charge in [0.1, 0.15) is 0 Å². The van der Waals surface area contributed by atoms with Gasteiger partial charge >= 0.3 is 0 Å². The largest absolute Gasteiger partial charge is 0.322 e. The SMILES string of the molecule is C[C@H]1Cc2cc(C(=O)Nc3cc(Cl)cc(Cl)c3)ccc2N1S(C)(=O)=O. The van der Waals surface area contributed by atoms with E-state index in [0.717, 1.165) is 5.56 Å². The predicted molar refractivity (Wildman–Crippen MR) is 101 cm³/mol. The summed E-state index contributed by atoms with van der Waals surface area (Å²) < 4.78 is 25.3. The van der Waals surface area contributed by atoms with Crippen molar-refractivity contribution in [3.63, 3.8) is 0 Å². The summed E-state index contributed by atoms with van der Waals surface area (Å²) >= 11 is 11.9. The van der Waals surface area contributed by atoms with Crippen molar-refractivity contribution in [2.75, 3.05) is 15.9 Å². The molecule has 2 aromatic rings. The van der Waals surface area contributed by atoms with E-state index >= 15 is 0 Å². The lowest BCUT2D eigenvalue weighted by Gasteiger charge is -2.21. The van der Waals surface area contributed by atoms with Crippen LogP contribution in [-0.2, 0) is 16.4 Å². The average molecular weight is 399 g/mol. The zero-order chi connectivity index (χ0) is 18.4. The van der Waals surface area contributed by atoms with Gasteiger partial charge in [-0.2, -0.15) is 0 Å². The lowest BCUT2D eigenvalue weighted by molar-refractivity contribution is 0.102. The monoisotopic (exact) mass is 398 g/mol. The van der Waals surface area contributed by atoms with Crippen molar-refractivity contribution < 1.29 is 13.2 Å².